The SMILES string of the molecule is CCCCc1ccc(NC(=O)COC(=O)[C@H]2CC(=O)N(Cc3ccco3)C2)cc1. The first kappa shape index (κ1) is 20.6. The lowest BCUT2D eigenvalue weighted by atomic mass is 10.1. The van der Waals surface area contributed by atoms with E-state index in [4.69, 9.17) is 9.15 Å². The Bertz CT molecular complexity index is 829. The largest absolute Gasteiger partial charge is 0.467 e. The number of esters is 1. The van der Waals surface area contributed by atoms with Gasteiger partial charge in [0.1, 0.15) is 5.76 Å². The number of carbonyl (C=O) groups is 3. The summed E-state index contributed by atoms with van der Waals surface area (Å²) in [6.07, 6.45) is 4.90. The third kappa shape index (κ3) is 5.94. The molecule has 29 heavy (non-hydrogen) atoms. The van der Waals surface area contributed by atoms with Crippen molar-refractivity contribution in [1.29, 1.82) is 0 Å². The van der Waals surface area contributed by atoms with Crippen molar-refractivity contribution in [3.05, 3.63) is 54.0 Å². The van der Waals surface area contributed by atoms with Crippen molar-refractivity contribution in [3.63, 3.8) is 0 Å². The van der Waals surface area contributed by atoms with Gasteiger partial charge in [0.2, 0.25) is 5.91 Å². The van der Waals surface area contributed by atoms with Crippen molar-refractivity contribution >= 4 is 23.5 Å². The molecule has 2 aromatic rings. The minimum Gasteiger partial charge on any atom is -0.467 e. The summed E-state index contributed by atoms with van der Waals surface area (Å²) in [5.74, 6) is -0.978. The normalized spacial score (nSPS) is 16.1. The zero-order valence-electron chi connectivity index (χ0n) is 16.6. The van der Waals surface area contributed by atoms with Crippen LogP contribution in [0.2, 0.25) is 0 Å². The molecule has 1 aromatic carbocycles. The second-order valence-corrected chi connectivity index (χ2v) is 7.21. The van der Waals surface area contributed by atoms with Gasteiger partial charge >= 0.3 is 5.97 Å². The van der Waals surface area contributed by atoms with Crippen molar-refractivity contribution in [3.8, 4) is 0 Å². The zero-order valence-corrected chi connectivity index (χ0v) is 16.6. The van der Waals surface area contributed by atoms with Crippen LogP contribution >= 0.6 is 0 Å². The molecule has 7 heteroatoms. The molecule has 0 radical (unpaired) electrons. The van der Waals surface area contributed by atoms with Crippen LogP contribution in [0.5, 0.6) is 0 Å². The molecule has 0 spiro atoms. The predicted octanol–water partition coefficient (Wildman–Crippen LogP) is 3.15. The highest BCUT2D eigenvalue weighted by molar-refractivity contribution is 5.93. The summed E-state index contributed by atoms with van der Waals surface area (Å²) in [6, 6.07) is 11.2. The highest BCUT2D eigenvalue weighted by Gasteiger charge is 2.35. The zero-order chi connectivity index (χ0) is 20.6. The summed E-state index contributed by atoms with van der Waals surface area (Å²) in [7, 11) is 0. The minimum absolute atomic E-state index is 0.0837. The van der Waals surface area contributed by atoms with Crippen LogP contribution in [0.1, 0.15) is 37.5 Å². The van der Waals surface area contributed by atoms with Crippen molar-refractivity contribution < 1.29 is 23.5 Å². The van der Waals surface area contributed by atoms with E-state index in [1.54, 1.807) is 23.3 Å². The van der Waals surface area contributed by atoms with Gasteiger partial charge in [0.25, 0.3) is 5.91 Å². The molecule has 3 rings (SSSR count). The number of unbranched alkanes of at least 4 members (excludes halogenated alkanes) is 1. The Morgan fingerprint density at radius 1 is 1.24 bits per heavy atom. The van der Waals surface area contributed by atoms with E-state index >= 15 is 0 Å². The van der Waals surface area contributed by atoms with Crippen LogP contribution in [0.3, 0.4) is 0 Å². The highest BCUT2D eigenvalue weighted by Crippen LogP contribution is 2.21. The van der Waals surface area contributed by atoms with Gasteiger partial charge in [-0.2, -0.15) is 0 Å². The Hall–Kier alpha value is -3.09. The minimum atomic E-state index is -0.567. The average Bonchev–Trinajstić information content (AvgIpc) is 3.36. The molecule has 1 fully saturated rings. The lowest BCUT2D eigenvalue weighted by Gasteiger charge is -2.14. The Kier molecular flexibility index (Phi) is 7.05. The molecule has 1 aromatic heterocycles. The van der Waals surface area contributed by atoms with E-state index < -0.39 is 17.8 Å². The monoisotopic (exact) mass is 398 g/mol. The maximum Gasteiger partial charge on any atom is 0.311 e. The molecule has 1 aliphatic rings. The predicted molar refractivity (Wildman–Crippen MR) is 107 cm³/mol. The number of nitrogens with zero attached hydrogens (tertiary/aromatic N) is 1. The van der Waals surface area contributed by atoms with Crippen molar-refractivity contribution in [2.24, 2.45) is 5.92 Å². The molecule has 7 nitrogen and oxygen atoms in total. The van der Waals surface area contributed by atoms with Gasteiger partial charge in [-0.15, -0.1) is 0 Å². The molecule has 2 heterocycles. The maximum atomic E-state index is 12.2. The molecule has 1 aliphatic heterocycles. The van der Waals surface area contributed by atoms with Gasteiger partial charge < -0.3 is 19.4 Å². The number of hydrogen-bond acceptors (Lipinski definition) is 5. The number of aryl methyl sites for hydroxylation is 1. The summed E-state index contributed by atoms with van der Waals surface area (Å²) in [5.41, 5.74) is 1.88. The summed E-state index contributed by atoms with van der Waals surface area (Å²) in [4.78, 5) is 37.9. The van der Waals surface area contributed by atoms with Crippen LogP contribution in [0.15, 0.2) is 47.1 Å². The van der Waals surface area contributed by atoms with Crippen molar-refractivity contribution in [2.75, 3.05) is 18.5 Å². The van der Waals surface area contributed by atoms with Crippen LogP contribution in [-0.4, -0.2) is 35.8 Å². The lowest BCUT2D eigenvalue weighted by molar-refractivity contribution is -0.151. The highest BCUT2D eigenvalue weighted by atomic mass is 16.5. The second-order valence-electron chi connectivity index (χ2n) is 7.21. The number of amides is 2. The number of likely N-dealkylation sites (tertiary alicyclic amines) is 1. The molecular formula is C22H26N2O5. The van der Waals surface area contributed by atoms with E-state index in [2.05, 4.69) is 12.2 Å². The van der Waals surface area contributed by atoms with Gasteiger partial charge in [0.05, 0.1) is 18.7 Å². The van der Waals surface area contributed by atoms with E-state index in [-0.39, 0.29) is 25.5 Å². The van der Waals surface area contributed by atoms with E-state index in [0.29, 0.717) is 18.0 Å². The third-order valence-electron chi connectivity index (χ3n) is 4.88. The van der Waals surface area contributed by atoms with Crippen LogP contribution in [0.25, 0.3) is 0 Å². The van der Waals surface area contributed by atoms with Crippen LogP contribution in [-0.2, 0) is 32.1 Å². The number of hydrogen-bond donors (Lipinski definition) is 1. The van der Waals surface area contributed by atoms with Gasteiger partial charge in [-0.1, -0.05) is 25.5 Å². The Morgan fingerprint density at radius 2 is 2.03 bits per heavy atom. The summed E-state index contributed by atoms with van der Waals surface area (Å²) < 4.78 is 10.4. The fourth-order valence-corrected chi connectivity index (χ4v) is 3.26. The topological polar surface area (TPSA) is 88.8 Å². The number of furan rings is 1. The molecule has 0 bridgehead atoms. The molecule has 0 unspecified atom stereocenters. The Labute approximate surface area is 170 Å². The second kappa shape index (κ2) is 9.91. The van der Waals surface area contributed by atoms with E-state index in [0.717, 1.165) is 19.3 Å². The molecular weight excluding hydrogens is 372 g/mol. The number of ether oxygens (including phenoxy) is 1. The van der Waals surface area contributed by atoms with Crippen molar-refractivity contribution in [2.45, 2.75) is 39.2 Å². The number of anilines is 1. The average molecular weight is 398 g/mol. The first-order valence-corrected chi connectivity index (χ1v) is 9.90. The van der Waals surface area contributed by atoms with Gasteiger partial charge in [0, 0.05) is 18.7 Å². The molecule has 0 aliphatic carbocycles. The van der Waals surface area contributed by atoms with Crippen LogP contribution in [0.4, 0.5) is 5.69 Å². The quantitative estimate of drug-likeness (QED) is 0.656. The van der Waals surface area contributed by atoms with Crippen LogP contribution < -0.4 is 5.32 Å². The molecule has 154 valence electrons. The van der Waals surface area contributed by atoms with Gasteiger partial charge in [-0.3, -0.25) is 14.4 Å². The Morgan fingerprint density at radius 3 is 2.72 bits per heavy atom. The summed E-state index contributed by atoms with van der Waals surface area (Å²) in [6.45, 7) is 2.36. The van der Waals surface area contributed by atoms with Gasteiger partial charge in [-0.25, -0.2) is 0 Å². The van der Waals surface area contributed by atoms with E-state index in [1.807, 2.05) is 24.3 Å². The fourth-order valence-electron chi connectivity index (χ4n) is 3.26. The van der Waals surface area contributed by atoms with Gasteiger partial charge in [-0.05, 0) is 42.7 Å². The molecule has 0 saturated carbocycles. The first-order valence-electron chi connectivity index (χ1n) is 9.90. The molecule has 1 saturated heterocycles. The third-order valence-corrected chi connectivity index (χ3v) is 4.88. The Balaban J connectivity index is 1.41. The number of nitrogens with one attached hydrogen (secondary N) is 1. The smallest absolute Gasteiger partial charge is 0.311 e. The molecule has 2 amide bonds. The van der Waals surface area contributed by atoms with E-state index in [1.165, 1.54) is 5.56 Å². The van der Waals surface area contributed by atoms with Gasteiger partial charge in [0.15, 0.2) is 6.61 Å². The maximum absolute atomic E-state index is 12.2. The standard InChI is InChI=1S/C22H26N2O5/c1-2-3-5-16-7-9-18(10-8-16)23-20(25)15-29-22(27)17-12-21(26)24(13-17)14-19-6-4-11-28-19/h4,6-11,17H,2-3,5,12-15H2,1H3,(H,23,25)/t17-/m0/s1. The van der Waals surface area contributed by atoms with E-state index in [9.17, 15) is 14.4 Å². The molecule has 1 atom stereocenters. The molecule has 1 N–H and O–H groups in total. The number of rotatable bonds is 9. The summed E-state index contributed by atoms with van der Waals surface area (Å²) in [5, 5.41) is 2.71. The lowest BCUT2D eigenvalue weighted by Crippen LogP contribution is -2.28. The number of carbonyl (C=O) groups excluding carboxylic acids is 3. The van der Waals surface area contributed by atoms with Crippen LogP contribution in [0, 0.1) is 5.92 Å². The fraction of sp³-hybridized carbons (Fsp3) is 0.409. The number of benzene rings is 1. The summed E-state index contributed by atoms with van der Waals surface area (Å²) >= 11 is 0. The van der Waals surface area contributed by atoms with Crippen molar-refractivity contribution in [1.82, 2.24) is 4.90 Å². The first-order chi connectivity index (χ1) is 14.0.